The van der Waals surface area contributed by atoms with Gasteiger partial charge in [-0.05, 0) is 18.2 Å². The van der Waals surface area contributed by atoms with Crippen LogP contribution in [0.15, 0.2) is 60.8 Å². The molecule has 1 N–H and O–H groups in total. The molecule has 0 saturated carbocycles. The van der Waals surface area contributed by atoms with Gasteiger partial charge in [0.05, 0.1) is 12.7 Å². The van der Waals surface area contributed by atoms with E-state index >= 15 is 0 Å². The molecule has 0 radical (unpaired) electrons. The number of carbonyl (C=O) groups excluding carboxylic acids is 3. The lowest BCUT2D eigenvalue weighted by atomic mass is 10.2. The number of carbonyl (C=O) groups is 3. The molecule has 0 aliphatic carbocycles. The van der Waals surface area contributed by atoms with Crippen LogP contribution >= 0.6 is 0 Å². The van der Waals surface area contributed by atoms with Crippen molar-refractivity contribution in [2.24, 2.45) is 0 Å². The molecule has 7 nitrogen and oxygen atoms in total. The van der Waals surface area contributed by atoms with Crippen molar-refractivity contribution in [3.8, 4) is 0 Å². The molecule has 7 heteroatoms. The van der Waals surface area contributed by atoms with Crippen LogP contribution in [0.2, 0.25) is 0 Å². The first-order chi connectivity index (χ1) is 13.1. The van der Waals surface area contributed by atoms with Crippen LogP contribution in [-0.4, -0.2) is 36.1 Å². The summed E-state index contributed by atoms with van der Waals surface area (Å²) in [6.07, 6.45) is 1.54. The summed E-state index contributed by atoms with van der Waals surface area (Å²) in [4.78, 5) is 35.9. The molecule has 138 valence electrons. The number of anilines is 1. The Hall–Kier alpha value is -3.61. The van der Waals surface area contributed by atoms with Crippen molar-refractivity contribution >= 4 is 34.4 Å². The Kier molecular flexibility index (Phi) is 5.51. The highest BCUT2D eigenvalue weighted by molar-refractivity contribution is 6.04. The zero-order chi connectivity index (χ0) is 19.2. The minimum atomic E-state index is -0.588. The zero-order valence-electron chi connectivity index (χ0n) is 14.7. The van der Waals surface area contributed by atoms with Gasteiger partial charge in [0.1, 0.15) is 6.54 Å². The summed E-state index contributed by atoms with van der Waals surface area (Å²) < 4.78 is 11.4. The van der Waals surface area contributed by atoms with Gasteiger partial charge >= 0.3 is 11.9 Å². The second-order valence-corrected chi connectivity index (χ2v) is 5.75. The third-order valence-electron chi connectivity index (χ3n) is 3.92. The summed E-state index contributed by atoms with van der Waals surface area (Å²) >= 11 is 0. The first-order valence-electron chi connectivity index (χ1n) is 8.25. The molecule has 0 fully saturated rings. The number of hydrogen-bond donors (Lipinski definition) is 1. The van der Waals surface area contributed by atoms with Crippen molar-refractivity contribution in [1.29, 1.82) is 0 Å². The predicted molar refractivity (Wildman–Crippen MR) is 99.3 cm³/mol. The van der Waals surface area contributed by atoms with Crippen LogP contribution in [-0.2, 0) is 25.6 Å². The molecule has 0 unspecified atom stereocenters. The van der Waals surface area contributed by atoms with Crippen LogP contribution in [0, 0.1) is 0 Å². The normalized spacial score (nSPS) is 10.4. The van der Waals surface area contributed by atoms with Gasteiger partial charge in [-0.25, -0.2) is 4.79 Å². The van der Waals surface area contributed by atoms with Crippen molar-refractivity contribution < 1.29 is 23.9 Å². The van der Waals surface area contributed by atoms with Gasteiger partial charge < -0.3 is 19.4 Å². The van der Waals surface area contributed by atoms with Gasteiger partial charge in [-0.1, -0.05) is 36.4 Å². The van der Waals surface area contributed by atoms with E-state index in [2.05, 4.69) is 5.32 Å². The van der Waals surface area contributed by atoms with E-state index in [-0.39, 0.29) is 6.54 Å². The molecule has 0 spiro atoms. The molecular weight excluding hydrogens is 348 g/mol. The summed E-state index contributed by atoms with van der Waals surface area (Å²) in [6, 6.07) is 16.0. The Morgan fingerprint density at radius 3 is 2.44 bits per heavy atom. The third-order valence-corrected chi connectivity index (χ3v) is 3.92. The molecule has 1 aromatic heterocycles. The number of amides is 1. The van der Waals surface area contributed by atoms with E-state index in [1.54, 1.807) is 59.3 Å². The van der Waals surface area contributed by atoms with Gasteiger partial charge in [0.25, 0.3) is 5.91 Å². The van der Waals surface area contributed by atoms with E-state index in [4.69, 9.17) is 9.47 Å². The number of nitrogens with one attached hydrogen (secondary N) is 1. The summed E-state index contributed by atoms with van der Waals surface area (Å²) in [6.45, 7) is -0.521. The van der Waals surface area contributed by atoms with E-state index in [1.807, 2.05) is 6.07 Å². The number of nitrogens with zero attached hydrogens (tertiary/aromatic N) is 1. The maximum absolute atomic E-state index is 12.1. The Balaban J connectivity index is 1.64. The number of esters is 2. The van der Waals surface area contributed by atoms with Crippen molar-refractivity contribution in [3.05, 3.63) is 66.4 Å². The molecule has 0 aliphatic rings. The Labute approximate surface area is 155 Å². The fraction of sp³-hybridized carbons (Fsp3) is 0.150. The predicted octanol–water partition coefficient (Wildman–Crippen LogP) is 2.61. The fourth-order valence-electron chi connectivity index (χ4n) is 2.70. The van der Waals surface area contributed by atoms with Gasteiger partial charge in [-0.2, -0.15) is 0 Å². The average Bonchev–Trinajstić information content (AvgIpc) is 3.05. The summed E-state index contributed by atoms with van der Waals surface area (Å²) in [5.41, 5.74) is 1.68. The minimum Gasteiger partial charge on any atom is -0.465 e. The molecule has 0 aliphatic heterocycles. The lowest BCUT2D eigenvalue weighted by Crippen LogP contribution is -2.22. The number of fused-ring (bicyclic) bond motifs is 1. The van der Waals surface area contributed by atoms with Gasteiger partial charge in [0.2, 0.25) is 0 Å². The standard InChI is InChI=1S/C20H18N2O5/c1-26-20(25)16-11-22(17-10-6-5-9-15(16)17)12-19(24)27-13-18(23)21-14-7-3-2-4-8-14/h2-11H,12-13H2,1H3,(H,21,23). The van der Waals surface area contributed by atoms with E-state index in [0.29, 0.717) is 22.2 Å². The smallest absolute Gasteiger partial charge is 0.340 e. The Morgan fingerprint density at radius 1 is 1.00 bits per heavy atom. The third kappa shape index (κ3) is 4.33. The van der Waals surface area contributed by atoms with Crippen LogP contribution in [0.5, 0.6) is 0 Å². The van der Waals surface area contributed by atoms with Crippen LogP contribution in [0.25, 0.3) is 10.9 Å². The van der Waals surface area contributed by atoms with E-state index in [0.717, 1.165) is 0 Å². The molecule has 1 heterocycles. The number of aromatic nitrogens is 1. The number of ether oxygens (including phenoxy) is 2. The minimum absolute atomic E-state index is 0.129. The first kappa shape index (κ1) is 18.2. The average molecular weight is 366 g/mol. The first-order valence-corrected chi connectivity index (χ1v) is 8.25. The molecule has 1 amide bonds. The quantitative estimate of drug-likeness (QED) is 0.678. The molecular formula is C20H18N2O5. The lowest BCUT2D eigenvalue weighted by molar-refractivity contribution is -0.147. The maximum atomic E-state index is 12.1. The van der Waals surface area contributed by atoms with Gasteiger partial charge in [0.15, 0.2) is 6.61 Å². The van der Waals surface area contributed by atoms with Gasteiger partial charge in [-0.15, -0.1) is 0 Å². The summed E-state index contributed by atoms with van der Waals surface area (Å²) in [5.74, 6) is -1.50. The second-order valence-electron chi connectivity index (χ2n) is 5.75. The number of methoxy groups -OCH3 is 1. The van der Waals surface area contributed by atoms with Crippen molar-refractivity contribution in [2.45, 2.75) is 6.54 Å². The number of benzene rings is 2. The Bertz CT molecular complexity index is 978. The zero-order valence-corrected chi connectivity index (χ0v) is 14.7. The molecule has 3 rings (SSSR count). The highest BCUT2D eigenvalue weighted by Gasteiger charge is 2.17. The number of para-hydroxylation sites is 2. The van der Waals surface area contributed by atoms with Crippen molar-refractivity contribution in [3.63, 3.8) is 0 Å². The maximum Gasteiger partial charge on any atom is 0.340 e. The molecule has 0 bridgehead atoms. The number of rotatable bonds is 6. The summed E-state index contributed by atoms with van der Waals surface area (Å²) in [5, 5.41) is 3.31. The molecule has 2 aromatic carbocycles. The van der Waals surface area contributed by atoms with E-state index < -0.39 is 24.5 Å². The van der Waals surface area contributed by atoms with Crippen LogP contribution in [0.1, 0.15) is 10.4 Å². The lowest BCUT2D eigenvalue weighted by Gasteiger charge is -2.08. The van der Waals surface area contributed by atoms with Crippen LogP contribution < -0.4 is 5.32 Å². The monoisotopic (exact) mass is 366 g/mol. The van der Waals surface area contributed by atoms with E-state index in [9.17, 15) is 14.4 Å². The van der Waals surface area contributed by atoms with Gasteiger partial charge in [-0.3, -0.25) is 9.59 Å². The number of hydrogen-bond acceptors (Lipinski definition) is 5. The molecule has 3 aromatic rings. The van der Waals surface area contributed by atoms with Crippen LogP contribution in [0.3, 0.4) is 0 Å². The Morgan fingerprint density at radius 2 is 1.70 bits per heavy atom. The highest BCUT2D eigenvalue weighted by atomic mass is 16.5. The SMILES string of the molecule is COC(=O)c1cn(CC(=O)OCC(=O)Nc2ccccc2)c2ccccc12. The largest absolute Gasteiger partial charge is 0.465 e. The van der Waals surface area contributed by atoms with Gasteiger partial charge in [0, 0.05) is 22.8 Å². The fourth-order valence-corrected chi connectivity index (χ4v) is 2.70. The molecule has 27 heavy (non-hydrogen) atoms. The molecule has 0 atom stereocenters. The second kappa shape index (κ2) is 8.18. The topological polar surface area (TPSA) is 86.6 Å². The summed E-state index contributed by atoms with van der Waals surface area (Å²) in [7, 11) is 1.30. The highest BCUT2D eigenvalue weighted by Crippen LogP contribution is 2.22. The van der Waals surface area contributed by atoms with Crippen LogP contribution in [0.4, 0.5) is 5.69 Å². The molecule has 0 saturated heterocycles. The van der Waals surface area contributed by atoms with Crippen molar-refractivity contribution in [1.82, 2.24) is 4.57 Å². The van der Waals surface area contributed by atoms with Crippen molar-refractivity contribution in [2.75, 3.05) is 19.0 Å². The van der Waals surface area contributed by atoms with E-state index in [1.165, 1.54) is 7.11 Å².